The Hall–Kier alpha value is -0.120. The van der Waals surface area contributed by atoms with Crippen LogP contribution in [0.3, 0.4) is 0 Å². The Morgan fingerprint density at radius 3 is 1.95 bits per heavy atom. The smallest absolute Gasteiger partial charge is 0.0589 e. The molecule has 0 radical (unpaired) electrons. The molecule has 0 bridgehead atoms. The molecule has 0 amide bonds. The van der Waals surface area contributed by atoms with E-state index in [1.807, 2.05) is 0 Å². The van der Waals surface area contributed by atoms with Crippen molar-refractivity contribution >= 4 is 0 Å². The first-order valence-electron chi connectivity index (χ1n) is 7.95. The fourth-order valence-electron chi connectivity index (χ4n) is 2.62. The van der Waals surface area contributed by atoms with Crippen LogP contribution >= 0.6 is 0 Å². The fraction of sp³-hybridized carbons (Fsp3) is 1.00. The molecule has 3 heteroatoms. The summed E-state index contributed by atoms with van der Waals surface area (Å²) in [6.07, 6.45) is 5.50. The van der Waals surface area contributed by atoms with Crippen molar-refractivity contribution in [3.05, 3.63) is 0 Å². The van der Waals surface area contributed by atoms with Gasteiger partial charge in [0.05, 0.1) is 6.61 Å². The molecule has 1 aliphatic heterocycles. The first kappa shape index (κ1) is 16.9. The zero-order valence-corrected chi connectivity index (χ0v) is 13.6. The third-order valence-corrected chi connectivity index (χ3v) is 3.98. The second-order valence-electron chi connectivity index (χ2n) is 7.05. The van der Waals surface area contributed by atoms with Crippen molar-refractivity contribution < 1.29 is 4.74 Å². The van der Waals surface area contributed by atoms with Crippen LogP contribution in [0.15, 0.2) is 0 Å². The molecule has 19 heavy (non-hydrogen) atoms. The second kappa shape index (κ2) is 8.93. The minimum Gasteiger partial charge on any atom is -0.383 e. The normalized spacial score (nSPS) is 18.9. The predicted molar refractivity (Wildman–Crippen MR) is 82.7 cm³/mol. The molecular weight excluding hydrogens is 236 g/mol. The third kappa shape index (κ3) is 8.61. The van der Waals surface area contributed by atoms with E-state index in [0.717, 1.165) is 13.2 Å². The maximum Gasteiger partial charge on any atom is 0.0589 e. The molecule has 0 aromatic rings. The monoisotopic (exact) mass is 270 g/mol. The topological polar surface area (TPSA) is 15.7 Å². The summed E-state index contributed by atoms with van der Waals surface area (Å²) in [5.41, 5.74) is 0.507. The van der Waals surface area contributed by atoms with Crippen LogP contribution in [0.25, 0.3) is 0 Å². The van der Waals surface area contributed by atoms with Crippen LogP contribution in [-0.4, -0.2) is 62.8 Å². The van der Waals surface area contributed by atoms with E-state index in [0.29, 0.717) is 5.41 Å². The minimum absolute atomic E-state index is 0.507. The Labute approximate surface area is 120 Å². The van der Waals surface area contributed by atoms with Crippen molar-refractivity contribution in [2.24, 2.45) is 5.41 Å². The average Bonchev–Trinajstić information content (AvgIpc) is 2.36. The molecule has 1 aliphatic rings. The highest BCUT2D eigenvalue weighted by Crippen LogP contribution is 2.22. The number of piperazine rings is 1. The third-order valence-electron chi connectivity index (χ3n) is 3.98. The molecule has 1 saturated heterocycles. The fourth-order valence-corrected chi connectivity index (χ4v) is 2.62. The van der Waals surface area contributed by atoms with E-state index in [4.69, 9.17) is 4.74 Å². The van der Waals surface area contributed by atoms with Crippen LogP contribution in [-0.2, 0) is 4.74 Å². The second-order valence-corrected chi connectivity index (χ2v) is 7.05. The number of unbranched alkanes of at least 4 members (excludes halogenated alkanes) is 2. The zero-order chi connectivity index (χ0) is 14.1. The average molecular weight is 270 g/mol. The Kier molecular flexibility index (Phi) is 7.96. The van der Waals surface area contributed by atoms with Crippen LogP contribution in [0.4, 0.5) is 0 Å². The van der Waals surface area contributed by atoms with Crippen LogP contribution in [0.5, 0.6) is 0 Å². The van der Waals surface area contributed by atoms with E-state index < -0.39 is 0 Å². The Morgan fingerprint density at radius 2 is 1.42 bits per heavy atom. The number of ether oxygens (including phenoxy) is 1. The molecule has 1 heterocycles. The molecule has 114 valence electrons. The molecule has 1 fully saturated rings. The largest absolute Gasteiger partial charge is 0.383 e. The van der Waals surface area contributed by atoms with Gasteiger partial charge in [-0.15, -0.1) is 0 Å². The van der Waals surface area contributed by atoms with E-state index in [-0.39, 0.29) is 0 Å². The molecule has 0 aromatic heterocycles. The molecule has 0 aliphatic carbocycles. The number of hydrogen-bond acceptors (Lipinski definition) is 3. The highest BCUT2D eigenvalue weighted by atomic mass is 16.5. The van der Waals surface area contributed by atoms with Crippen LogP contribution in [0.2, 0.25) is 0 Å². The van der Waals surface area contributed by atoms with Gasteiger partial charge in [-0.05, 0) is 24.8 Å². The lowest BCUT2D eigenvalue weighted by Crippen LogP contribution is -2.47. The molecular formula is C16H34N2O. The highest BCUT2D eigenvalue weighted by Gasteiger charge is 2.16. The van der Waals surface area contributed by atoms with E-state index in [2.05, 4.69) is 30.6 Å². The Bertz CT molecular complexity index is 217. The van der Waals surface area contributed by atoms with Crippen LogP contribution < -0.4 is 0 Å². The number of nitrogens with zero attached hydrogens (tertiary/aromatic N) is 2. The lowest BCUT2D eigenvalue weighted by atomic mass is 9.89. The Balaban J connectivity index is 1.97. The molecule has 0 atom stereocenters. The number of methoxy groups -OCH3 is 1. The number of hydrogen-bond donors (Lipinski definition) is 0. The van der Waals surface area contributed by atoms with Crippen LogP contribution in [0.1, 0.15) is 46.5 Å². The van der Waals surface area contributed by atoms with Gasteiger partial charge in [-0.1, -0.05) is 33.6 Å². The highest BCUT2D eigenvalue weighted by molar-refractivity contribution is 4.71. The van der Waals surface area contributed by atoms with E-state index in [1.165, 1.54) is 58.4 Å². The van der Waals surface area contributed by atoms with Gasteiger partial charge in [0.15, 0.2) is 0 Å². The van der Waals surface area contributed by atoms with Crippen molar-refractivity contribution in [3.8, 4) is 0 Å². The van der Waals surface area contributed by atoms with Gasteiger partial charge in [0.2, 0.25) is 0 Å². The predicted octanol–water partition coefficient (Wildman–Crippen LogP) is 2.86. The van der Waals surface area contributed by atoms with Crippen molar-refractivity contribution in [1.82, 2.24) is 9.80 Å². The summed E-state index contributed by atoms with van der Waals surface area (Å²) >= 11 is 0. The minimum atomic E-state index is 0.507. The van der Waals surface area contributed by atoms with Crippen molar-refractivity contribution in [1.29, 1.82) is 0 Å². The summed E-state index contributed by atoms with van der Waals surface area (Å²) in [4.78, 5) is 5.14. The lowest BCUT2D eigenvalue weighted by Gasteiger charge is -2.34. The first-order chi connectivity index (χ1) is 9.01. The van der Waals surface area contributed by atoms with Crippen molar-refractivity contribution in [2.75, 3.05) is 53.0 Å². The van der Waals surface area contributed by atoms with Gasteiger partial charge in [-0.2, -0.15) is 0 Å². The molecule has 0 aromatic carbocycles. The van der Waals surface area contributed by atoms with Gasteiger partial charge >= 0.3 is 0 Å². The molecule has 0 unspecified atom stereocenters. The standard InChI is InChI=1S/C16H34N2O/c1-16(2,3)8-6-5-7-9-17-10-12-18(13-11-17)14-15-19-4/h5-15H2,1-4H3. The van der Waals surface area contributed by atoms with E-state index in [9.17, 15) is 0 Å². The summed E-state index contributed by atoms with van der Waals surface area (Å²) < 4.78 is 5.14. The summed E-state index contributed by atoms with van der Waals surface area (Å²) in [5.74, 6) is 0. The van der Waals surface area contributed by atoms with Gasteiger partial charge < -0.3 is 9.64 Å². The van der Waals surface area contributed by atoms with Crippen molar-refractivity contribution in [3.63, 3.8) is 0 Å². The molecule has 3 nitrogen and oxygen atoms in total. The quantitative estimate of drug-likeness (QED) is 0.631. The van der Waals surface area contributed by atoms with Gasteiger partial charge in [-0.25, -0.2) is 0 Å². The summed E-state index contributed by atoms with van der Waals surface area (Å²) in [6.45, 7) is 15.2. The summed E-state index contributed by atoms with van der Waals surface area (Å²) in [6, 6.07) is 0. The van der Waals surface area contributed by atoms with E-state index in [1.54, 1.807) is 7.11 Å². The van der Waals surface area contributed by atoms with Gasteiger partial charge in [0.1, 0.15) is 0 Å². The summed E-state index contributed by atoms with van der Waals surface area (Å²) in [5, 5.41) is 0. The van der Waals surface area contributed by atoms with Gasteiger partial charge in [-0.3, -0.25) is 4.90 Å². The molecule has 1 rings (SSSR count). The first-order valence-corrected chi connectivity index (χ1v) is 7.95. The maximum absolute atomic E-state index is 5.14. The van der Waals surface area contributed by atoms with Gasteiger partial charge in [0.25, 0.3) is 0 Å². The summed E-state index contributed by atoms with van der Waals surface area (Å²) in [7, 11) is 1.79. The molecule has 0 N–H and O–H groups in total. The van der Waals surface area contributed by atoms with Gasteiger partial charge in [0, 0.05) is 39.8 Å². The molecule has 0 saturated carbocycles. The number of rotatable bonds is 8. The van der Waals surface area contributed by atoms with E-state index >= 15 is 0 Å². The van der Waals surface area contributed by atoms with Crippen molar-refractivity contribution in [2.45, 2.75) is 46.5 Å². The van der Waals surface area contributed by atoms with Crippen LogP contribution in [0, 0.1) is 5.41 Å². The maximum atomic E-state index is 5.14. The SMILES string of the molecule is COCCN1CCN(CCCCCC(C)(C)C)CC1. The Morgan fingerprint density at radius 1 is 0.842 bits per heavy atom. The molecule has 0 spiro atoms. The lowest BCUT2D eigenvalue weighted by molar-refractivity contribution is 0.0960. The zero-order valence-electron chi connectivity index (χ0n) is 13.6.